The topological polar surface area (TPSA) is 124 Å². The van der Waals surface area contributed by atoms with Crippen LogP contribution in [-0.2, 0) is 9.84 Å². The van der Waals surface area contributed by atoms with E-state index in [4.69, 9.17) is 11.6 Å². The summed E-state index contributed by atoms with van der Waals surface area (Å²) in [4.78, 5) is 12.5. The van der Waals surface area contributed by atoms with Gasteiger partial charge < -0.3 is 20.6 Å². The molecule has 3 fully saturated rings. The van der Waals surface area contributed by atoms with Gasteiger partial charge in [-0.1, -0.05) is 18.5 Å². The van der Waals surface area contributed by atoms with Crippen molar-refractivity contribution in [1.82, 2.24) is 0 Å². The molecule has 1 unspecified atom stereocenters. The second-order valence-electron chi connectivity index (χ2n) is 10.9. The van der Waals surface area contributed by atoms with Gasteiger partial charge in [-0.2, -0.15) is 0 Å². The SMILES string of the molecule is CC1C[C@]23C[C@H](S(=O)(=O)c4cc(C(=O)Nc5ccc(F)c(F)c5)ccc4Cl)C[C@@H]2[C@](O)([C@H](O)[C@@H](C)O)[C@@H]13. The zero-order valence-corrected chi connectivity index (χ0v) is 21.7. The lowest BCUT2D eigenvalue weighted by atomic mass is 9.32. The van der Waals surface area contributed by atoms with Crippen LogP contribution in [0.5, 0.6) is 0 Å². The molecule has 8 atom stereocenters. The van der Waals surface area contributed by atoms with Crippen molar-refractivity contribution < 1.29 is 37.3 Å². The van der Waals surface area contributed by atoms with Crippen molar-refractivity contribution in [2.24, 2.45) is 23.2 Å². The Morgan fingerprint density at radius 2 is 1.84 bits per heavy atom. The summed E-state index contributed by atoms with van der Waals surface area (Å²) in [5, 5.41) is 33.5. The first kappa shape index (κ1) is 26.5. The van der Waals surface area contributed by atoms with Crippen LogP contribution in [0.15, 0.2) is 41.3 Å². The van der Waals surface area contributed by atoms with Crippen molar-refractivity contribution in [3.63, 3.8) is 0 Å². The van der Waals surface area contributed by atoms with Crippen LogP contribution in [0.3, 0.4) is 0 Å². The van der Waals surface area contributed by atoms with E-state index in [2.05, 4.69) is 5.32 Å². The highest BCUT2D eigenvalue weighted by Gasteiger charge is 2.81. The molecule has 2 aromatic rings. The normalized spacial score (nSPS) is 33.9. The highest BCUT2D eigenvalue weighted by atomic mass is 35.5. The van der Waals surface area contributed by atoms with E-state index in [1.807, 2.05) is 6.92 Å². The highest BCUT2D eigenvalue weighted by Crippen LogP contribution is 2.79. The minimum atomic E-state index is -4.05. The first-order chi connectivity index (χ1) is 17.2. The van der Waals surface area contributed by atoms with Gasteiger partial charge in [0, 0.05) is 17.3 Å². The van der Waals surface area contributed by atoms with Crippen molar-refractivity contribution in [2.75, 3.05) is 5.32 Å². The first-order valence-electron chi connectivity index (χ1n) is 12.1. The van der Waals surface area contributed by atoms with E-state index in [0.29, 0.717) is 6.42 Å². The number of nitrogens with one attached hydrogen (secondary N) is 1. The highest BCUT2D eigenvalue weighted by molar-refractivity contribution is 7.92. The van der Waals surface area contributed by atoms with Crippen LogP contribution in [0, 0.1) is 34.8 Å². The molecule has 1 amide bonds. The number of carbonyl (C=O) groups excluding carboxylic acids is 1. The number of hydrogen-bond donors (Lipinski definition) is 4. The van der Waals surface area contributed by atoms with Crippen LogP contribution in [0.25, 0.3) is 0 Å². The van der Waals surface area contributed by atoms with Crippen LogP contribution >= 0.6 is 11.6 Å². The Bertz CT molecular complexity index is 1390. The Morgan fingerprint density at radius 1 is 1.14 bits per heavy atom. The average molecular weight is 556 g/mol. The van der Waals surface area contributed by atoms with Gasteiger partial charge in [0.15, 0.2) is 21.5 Å². The predicted octanol–water partition coefficient (Wildman–Crippen LogP) is 3.55. The Hall–Kier alpha value is -2.11. The minimum Gasteiger partial charge on any atom is -0.391 e. The molecule has 11 heteroatoms. The van der Waals surface area contributed by atoms with E-state index in [-0.39, 0.29) is 45.8 Å². The van der Waals surface area contributed by atoms with Crippen LogP contribution in [0.1, 0.15) is 43.5 Å². The molecule has 3 saturated carbocycles. The Balaban J connectivity index is 1.42. The smallest absolute Gasteiger partial charge is 0.255 e. The molecule has 0 aromatic heterocycles. The van der Waals surface area contributed by atoms with E-state index >= 15 is 0 Å². The van der Waals surface area contributed by atoms with Gasteiger partial charge in [0.1, 0.15) is 6.10 Å². The second-order valence-corrected chi connectivity index (χ2v) is 13.5. The molecule has 200 valence electrons. The van der Waals surface area contributed by atoms with E-state index in [0.717, 1.165) is 18.2 Å². The summed E-state index contributed by atoms with van der Waals surface area (Å²) < 4.78 is 54.2. The molecule has 0 radical (unpaired) electrons. The Morgan fingerprint density at radius 3 is 2.46 bits per heavy atom. The quantitative estimate of drug-likeness (QED) is 0.432. The van der Waals surface area contributed by atoms with Gasteiger partial charge in [-0.25, -0.2) is 17.2 Å². The third-order valence-corrected chi connectivity index (χ3v) is 11.4. The number of anilines is 1. The summed E-state index contributed by atoms with van der Waals surface area (Å²) in [5.74, 6) is -3.69. The van der Waals surface area contributed by atoms with Crippen molar-refractivity contribution in [3.05, 3.63) is 58.6 Å². The van der Waals surface area contributed by atoms with Crippen LogP contribution in [-0.4, -0.2) is 52.7 Å². The van der Waals surface area contributed by atoms with Gasteiger partial charge in [-0.05, 0) is 79.7 Å². The number of aliphatic hydroxyl groups is 3. The maximum Gasteiger partial charge on any atom is 0.255 e. The molecule has 3 aliphatic carbocycles. The molecule has 4 N–H and O–H groups in total. The Labute approximate surface area is 218 Å². The van der Waals surface area contributed by atoms with E-state index < -0.39 is 61.8 Å². The van der Waals surface area contributed by atoms with Crippen LogP contribution in [0.4, 0.5) is 14.5 Å². The maximum absolute atomic E-state index is 13.8. The van der Waals surface area contributed by atoms with E-state index in [9.17, 15) is 37.3 Å². The first-order valence-corrected chi connectivity index (χ1v) is 14.0. The summed E-state index contributed by atoms with van der Waals surface area (Å²) in [7, 11) is -4.05. The fraction of sp³-hybridized carbons (Fsp3) is 0.500. The number of hydrogen-bond acceptors (Lipinski definition) is 6. The standard InChI is InChI=1S/C26H28ClF2NO6S/c1-12-10-25-11-16(9-21(25)26(34,22(12)25)23(32)13(2)31)37(35,36)20-7-14(3-5-17(20)27)24(33)30-15-4-6-18(28)19(29)8-15/h3-8,12-13,16,21-23,31-32,34H,9-11H2,1-2H3,(H,30,33)/t12?,13-,16-,21+,22+,23-,25+,26-/m1/s1. The van der Waals surface area contributed by atoms with Gasteiger partial charge >= 0.3 is 0 Å². The lowest BCUT2D eigenvalue weighted by molar-refractivity contribution is -0.355. The number of rotatable bonds is 6. The molecule has 2 aromatic carbocycles. The molecule has 0 saturated heterocycles. The second kappa shape index (κ2) is 8.71. The zero-order valence-electron chi connectivity index (χ0n) is 20.2. The van der Waals surface area contributed by atoms with Gasteiger partial charge in [0.05, 0.1) is 26.9 Å². The van der Waals surface area contributed by atoms with E-state index in [1.165, 1.54) is 25.1 Å². The predicted molar refractivity (Wildman–Crippen MR) is 132 cm³/mol. The van der Waals surface area contributed by atoms with Gasteiger partial charge in [0.25, 0.3) is 5.91 Å². The van der Waals surface area contributed by atoms with Gasteiger partial charge in [-0.3, -0.25) is 4.79 Å². The number of sulfone groups is 1. The lowest BCUT2D eigenvalue weighted by Gasteiger charge is -2.75. The molecular weight excluding hydrogens is 528 g/mol. The van der Waals surface area contributed by atoms with Gasteiger partial charge in [0.2, 0.25) is 0 Å². The van der Waals surface area contributed by atoms with Crippen LogP contribution < -0.4 is 5.32 Å². The third-order valence-electron chi connectivity index (χ3n) is 8.79. The molecule has 0 bridgehead atoms. The van der Waals surface area contributed by atoms with Crippen molar-refractivity contribution in [3.8, 4) is 0 Å². The summed E-state index contributed by atoms with van der Waals surface area (Å²) in [6, 6.07) is 6.63. The van der Waals surface area contributed by atoms with Crippen molar-refractivity contribution in [2.45, 2.75) is 61.1 Å². The fourth-order valence-corrected chi connectivity index (χ4v) is 9.89. The lowest BCUT2D eigenvalue weighted by Crippen LogP contribution is -2.80. The van der Waals surface area contributed by atoms with Gasteiger partial charge in [-0.15, -0.1) is 0 Å². The summed E-state index contributed by atoms with van der Waals surface area (Å²) in [6.07, 6.45) is -1.48. The molecular formula is C26H28ClF2NO6S. The molecule has 3 aliphatic rings. The average Bonchev–Trinajstić information content (AvgIpc) is 3.20. The molecule has 5 rings (SSSR count). The molecule has 0 aliphatic heterocycles. The summed E-state index contributed by atoms with van der Waals surface area (Å²) >= 11 is 6.27. The number of carbonyl (C=O) groups is 1. The monoisotopic (exact) mass is 555 g/mol. The molecule has 37 heavy (non-hydrogen) atoms. The number of benzene rings is 2. The fourth-order valence-electron chi connectivity index (χ4n) is 7.49. The summed E-state index contributed by atoms with van der Waals surface area (Å²) in [6.45, 7) is 3.34. The molecule has 7 nitrogen and oxygen atoms in total. The minimum absolute atomic E-state index is 0.00387. The maximum atomic E-state index is 13.8. The van der Waals surface area contributed by atoms with E-state index in [1.54, 1.807) is 0 Å². The van der Waals surface area contributed by atoms with Crippen LogP contribution in [0.2, 0.25) is 5.02 Å². The number of aliphatic hydroxyl groups excluding tert-OH is 2. The number of halogens is 3. The largest absolute Gasteiger partial charge is 0.391 e. The third kappa shape index (κ3) is 3.75. The van der Waals surface area contributed by atoms with Crippen molar-refractivity contribution in [1.29, 1.82) is 0 Å². The summed E-state index contributed by atoms with van der Waals surface area (Å²) in [5.41, 5.74) is -2.05. The molecule has 0 heterocycles. The molecule has 1 spiro atoms. The zero-order chi connectivity index (χ0) is 27.1. The number of amides is 1. The van der Waals surface area contributed by atoms with Crippen molar-refractivity contribution >= 4 is 33.0 Å². The Kier molecular flexibility index (Phi) is 6.23.